The zero-order valence-electron chi connectivity index (χ0n) is 22.8. The predicted molar refractivity (Wildman–Crippen MR) is 148 cm³/mol. The molecule has 1 amide bonds. The number of rotatable bonds is 13. The molecule has 0 aliphatic carbocycles. The van der Waals surface area contributed by atoms with Crippen molar-refractivity contribution in [1.29, 1.82) is 0 Å². The maximum Gasteiger partial charge on any atom is 0.339 e. The van der Waals surface area contributed by atoms with Gasteiger partial charge in [0.2, 0.25) is 5.91 Å². The molecule has 2 atom stereocenters. The number of nitrogens with one attached hydrogen (secondary N) is 2. The normalized spacial score (nSPS) is 12.3. The molecule has 4 rings (SSSR count). The quantitative estimate of drug-likeness (QED) is 0.196. The number of anilines is 1. The van der Waals surface area contributed by atoms with E-state index in [2.05, 4.69) is 30.6 Å². The number of aliphatic carboxylic acids is 1. The third-order valence-electron chi connectivity index (χ3n) is 6.50. The molecule has 0 aliphatic rings. The van der Waals surface area contributed by atoms with Crippen molar-refractivity contribution in [3.05, 3.63) is 82.2 Å². The third kappa shape index (κ3) is 6.83. The van der Waals surface area contributed by atoms with Gasteiger partial charge in [0.1, 0.15) is 23.5 Å². The van der Waals surface area contributed by atoms with Crippen LogP contribution in [-0.4, -0.2) is 61.2 Å². The number of Topliss-reactive ketones (excluding diaryl/α,β-unsaturated/α-hetero) is 1. The van der Waals surface area contributed by atoms with Crippen LogP contribution in [0, 0.1) is 6.92 Å². The number of fused-ring (bicyclic) bond motifs is 1. The van der Waals surface area contributed by atoms with Gasteiger partial charge in [0.15, 0.2) is 18.2 Å². The van der Waals surface area contributed by atoms with Gasteiger partial charge < -0.3 is 20.5 Å². The minimum atomic E-state index is -1.51. The van der Waals surface area contributed by atoms with Crippen molar-refractivity contribution in [1.82, 2.24) is 25.2 Å². The van der Waals surface area contributed by atoms with Crippen LogP contribution in [0.4, 0.5) is 5.82 Å². The van der Waals surface area contributed by atoms with Gasteiger partial charge in [-0.25, -0.2) is 14.4 Å². The zero-order valence-corrected chi connectivity index (χ0v) is 22.8. The van der Waals surface area contributed by atoms with Crippen molar-refractivity contribution in [2.24, 2.45) is 0 Å². The van der Waals surface area contributed by atoms with Crippen LogP contribution in [0.25, 0.3) is 10.8 Å². The van der Waals surface area contributed by atoms with Gasteiger partial charge in [-0.05, 0) is 30.2 Å². The Bertz CT molecular complexity index is 1670. The first-order chi connectivity index (χ1) is 20.2. The van der Waals surface area contributed by atoms with Crippen molar-refractivity contribution in [3.63, 3.8) is 0 Å². The maximum absolute atomic E-state index is 13.2. The van der Waals surface area contributed by atoms with Crippen molar-refractivity contribution < 1.29 is 33.7 Å². The fraction of sp³-hybridized carbons (Fsp3) is 0.286. The second-order valence-corrected chi connectivity index (χ2v) is 9.29. The van der Waals surface area contributed by atoms with Crippen molar-refractivity contribution in [2.75, 3.05) is 11.9 Å². The molecule has 0 aliphatic heterocycles. The minimum Gasteiger partial charge on any atom is -0.481 e. The van der Waals surface area contributed by atoms with Gasteiger partial charge >= 0.3 is 11.9 Å². The lowest BCUT2D eigenvalue weighted by molar-refractivity contribution is -0.141. The van der Waals surface area contributed by atoms with Crippen LogP contribution in [0.5, 0.6) is 0 Å². The Labute approximate surface area is 238 Å². The largest absolute Gasteiger partial charge is 0.481 e. The van der Waals surface area contributed by atoms with E-state index >= 15 is 0 Å². The van der Waals surface area contributed by atoms with E-state index in [9.17, 15) is 29.1 Å². The Morgan fingerprint density at radius 2 is 1.86 bits per heavy atom. The molecule has 3 N–H and O–H groups in total. The summed E-state index contributed by atoms with van der Waals surface area (Å²) in [5, 5.41) is 23.4. The molecule has 0 saturated carbocycles. The summed E-state index contributed by atoms with van der Waals surface area (Å²) >= 11 is 0. The van der Waals surface area contributed by atoms with Crippen LogP contribution in [0.3, 0.4) is 0 Å². The van der Waals surface area contributed by atoms with Crippen LogP contribution < -0.4 is 16.2 Å². The first-order valence-corrected chi connectivity index (χ1v) is 13.0. The molecule has 14 nitrogen and oxygen atoms in total. The van der Waals surface area contributed by atoms with E-state index in [0.29, 0.717) is 16.8 Å². The molecule has 0 spiro atoms. The number of amides is 1. The van der Waals surface area contributed by atoms with Gasteiger partial charge in [0, 0.05) is 12.4 Å². The lowest BCUT2D eigenvalue weighted by Gasteiger charge is -2.22. The molecule has 218 valence electrons. The standard InChI is InChI=1S/C28H28N6O8/c1-3-22(34-12-11-29-25(27(34)39)30-14-21-16(2)32-42-33-21)26(38)31-20(13-24(36)37)23(35)15-41-28(40)19-10-6-8-17-7-4-5-9-18(17)19/h4-12,20,22H,3,13-15H2,1-2H3,(H,29,30)(H,31,38)(H,36,37)/t20-,22+/m0/s1. The fourth-order valence-corrected chi connectivity index (χ4v) is 4.28. The Balaban J connectivity index is 1.45. The number of carboxylic acids is 1. The minimum absolute atomic E-state index is 0.0651. The molecule has 4 aromatic rings. The molecule has 0 saturated heterocycles. The predicted octanol–water partition coefficient (Wildman–Crippen LogP) is 2.04. The first kappa shape index (κ1) is 29.6. The summed E-state index contributed by atoms with van der Waals surface area (Å²) < 4.78 is 11.0. The molecular weight excluding hydrogens is 548 g/mol. The highest BCUT2D eigenvalue weighted by Gasteiger charge is 2.29. The van der Waals surface area contributed by atoms with E-state index in [0.717, 1.165) is 9.95 Å². The highest BCUT2D eigenvalue weighted by Crippen LogP contribution is 2.19. The number of ketones is 1. The van der Waals surface area contributed by atoms with Crippen LogP contribution in [0.15, 0.2) is 64.3 Å². The number of nitrogens with zero attached hydrogens (tertiary/aromatic N) is 4. The van der Waals surface area contributed by atoms with Crippen LogP contribution in [0.1, 0.15) is 47.6 Å². The Morgan fingerprint density at radius 3 is 2.57 bits per heavy atom. The summed E-state index contributed by atoms with van der Waals surface area (Å²) in [4.78, 5) is 67.6. The number of carboxylic acid groups (broad SMARTS) is 1. The summed E-state index contributed by atoms with van der Waals surface area (Å²) in [6.07, 6.45) is 2.01. The average molecular weight is 577 g/mol. The fourth-order valence-electron chi connectivity index (χ4n) is 4.28. The number of carbonyl (C=O) groups excluding carboxylic acids is 3. The molecular formula is C28H28N6O8. The number of esters is 1. The second kappa shape index (κ2) is 13.3. The molecule has 0 fully saturated rings. The van der Waals surface area contributed by atoms with Crippen molar-refractivity contribution >= 4 is 40.2 Å². The number of aryl methyl sites for hydroxylation is 1. The smallest absolute Gasteiger partial charge is 0.339 e. The summed E-state index contributed by atoms with van der Waals surface area (Å²) in [7, 11) is 0. The summed E-state index contributed by atoms with van der Waals surface area (Å²) in [5.74, 6) is -3.78. The molecule has 2 aromatic carbocycles. The lowest BCUT2D eigenvalue weighted by atomic mass is 10.0. The topological polar surface area (TPSA) is 196 Å². The van der Waals surface area contributed by atoms with Gasteiger partial charge in [0.05, 0.1) is 18.5 Å². The van der Waals surface area contributed by atoms with E-state index in [4.69, 9.17) is 4.74 Å². The number of ether oxygens (including phenoxy) is 1. The van der Waals surface area contributed by atoms with Crippen LogP contribution in [-0.2, 0) is 25.7 Å². The number of carbonyl (C=O) groups is 4. The third-order valence-corrected chi connectivity index (χ3v) is 6.50. The van der Waals surface area contributed by atoms with Gasteiger partial charge in [-0.3, -0.25) is 23.7 Å². The van der Waals surface area contributed by atoms with E-state index in [1.807, 2.05) is 18.2 Å². The first-order valence-electron chi connectivity index (χ1n) is 13.0. The van der Waals surface area contributed by atoms with E-state index in [-0.39, 0.29) is 24.3 Å². The SMILES string of the molecule is CC[C@H](C(=O)N[C@@H](CC(=O)O)C(=O)COC(=O)c1cccc2ccccc12)n1ccnc(NCc2nonc2C)c1=O. The Hall–Kier alpha value is -5.40. The Morgan fingerprint density at radius 1 is 1.10 bits per heavy atom. The van der Waals surface area contributed by atoms with Gasteiger partial charge in [0.25, 0.3) is 5.56 Å². The molecule has 0 radical (unpaired) electrons. The van der Waals surface area contributed by atoms with E-state index < -0.39 is 54.3 Å². The van der Waals surface area contributed by atoms with E-state index in [1.165, 1.54) is 12.4 Å². The summed E-state index contributed by atoms with van der Waals surface area (Å²) in [6, 6.07) is 9.57. The van der Waals surface area contributed by atoms with E-state index in [1.54, 1.807) is 38.1 Å². The van der Waals surface area contributed by atoms with Gasteiger partial charge in [-0.2, -0.15) is 0 Å². The molecule has 2 heterocycles. The summed E-state index contributed by atoms with van der Waals surface area (Å²) in [6.45, 7) is 2.66. The molecule has 0 bridgehead atoms. The number of benzene rings is 2. The number of aromatic nitrogens is 4. The van der Waals surface area contributed by atoms with Gasteiger partial charge in [-0.15, -0.1) is 0 Å². The molecule has 14 heteroatoms. The van der Waals surface area contributed by atoms with Gasteiger partial charge in [-0.1, -0.05) is 53.6 Å². The average Bonchev–Trinajstić information content (AvgIpc) is 3.39. The Kier molecular flexibility index (Phi) is 9.37. The van der Waals surface area contributed by atoms with Crippen LogP contribution in [0.2, 0.25) is 0 Å². The zero-order chi connectivity index (χ0) is 30.2. The number of hydrogen-bond donors (Lipinski definition) is 3. The lowest BCUT2D eigenvalue weighted by Crippen LogP contribution is -2.47. The molecule has 0 unspecified atom stereocenters. The summed E-state index contributed by atoms with van der Waals surface area (Å²) in [5.41, 5.74) is 0.607. The number of hydrogen-bond acceptors (Lipinski definition) is 11. The highest BCUT2D eigenvalue weighted by molar-refractivity contribution is 6.05. The second-order valence-electron chi connectivity index (χ2n) is 9.29. The molecule has 2 aromatic heterocycles. The monoisotopic (exact) mass is 576 g/mol. The van der Waals surface area contributed by atoms with Crippen molar-refractivity contribution in [2.45, 2.75) is 45.3 Å². The van der Waals surface area contributed by atoms with Crippen LogP contribution >= 0.6 is 0 Å². The molecule has 42 heavy (non-hydrogen) atoms. The maximum atomic E-state index is 13.2. The highest BCUT2D eigenvalue weighted by atomic mass is 16.6. The van der Waals surface area contributed by atoms with Crippen molar-refractivity contribution in [3.8, 4) is 0 Å².